The highest BCUT2D eigenvalue weighted by molar-refractivity contribution is 5.82. The molecule has 2 atom stereocenters. The summed E-state index contributed by atoms with van der Waals surface area (Å²) in [6.45, 7) is 5.54. The average molecular weight is 378 g/mol. The van der Waals surface area contributed by atoms with Crippen LogP contribution in [0.15, 0.2) is 52.9 Å². The third-order valence-corrected chi connectivity index (χ3v) is 5.61. The predicted octanol–water partition coefficient (Wildman–Crippen LogP) is 4.07. The minimum Gasteiger partial charge on any atom is -0.497 e. The predicted molar refractivity (Wildman–Crippen MR) is 109 cm³/mol. The van der Waals surface area contributed by atoms with Gasteiger partial charge < -0.3 is 14.5 Å². The zero-order chi connectivity index (χ0) is 19.7. The van der Waals surface area contributed by atoms with Gasteiger partial charge in [0.1, 0.15) is 17.1 Å². The van der Waals surface area contributed by atoms with Gasteiger partial charge in [0.05, 0.1) is 19.2 Å². The van der Waals surface area contributed by atoms with Crippen LogP contribution in [0.2, 0.25) is 0 Å². The van der Waals surface area contributed by atoms with Crippen molar-refractivity contribution in [3.63, 3.8) is 0 Å². The number of methoxy groups -OCH3 is 1. The molecule has 0 saturated carbocycles. The summed E-state index contributed by atoms with van der Waals surface area (Å²) in [5, 5.41) is 4.15. The highest BCUT2D eigenvalue weighted by Crippen LogP contribution is 2.26. The van der Waals surface area contributed by atoms with E-state index in [1.54, 1.807) is 7.11 Å². The van der Waals surface area contributed by atoms with E-state index in [4.69, 9.17) is 9.15 Å². The van der Waals surface area contributed by atoms with Gasteiger partial charge in [0.15, 0.2) is 0 Å². The molecule has 4 rings (SSSR count). The lowest BCUT2D eigenvalue weighted by molar-refractivity contribution is -0.127. The fraction of sp³-hybridized carbons (Fsp3) is 0.348. The molecule has 1 amide bonds. The molecule has 0 aliphatic carbocycles. The molecule has 0 fully saturated rings. The molecule has 1 aliphatic heterocycles. The van der Waals surface area contributed by atoms with Crippen molar-refractivity contribution in [2.75, 3.05) is 13.7 Å². The lowest BCUT2D eigenvalue weighted by atomic mass is 9.98. The number of fused-ring (bicyclic) bond motifs is 2. The number of nitrogens with one attached hydrogen (secondary N) is 1. The fourth-order valence-corrected chi connectivity index (χ4v) is 3.80. The van der Waals surface area contributed by atoms with Crippen molar-refractivity contribution in [2.24, 2.45) is 0 Å². The van der Waals surface area contributed by atoms with Crippen molar-refractivity contribution in [3.8, 4) is 5.75 Å². The molecular weight excluding hydrogens is 352 g/mol. The lowest BCUT2D eigenvalue weighted by Crippen LogP contribution is -2.47. The summed E-state index contributed by atoms with van der Waals surface area (Å²) < 4.78 is 11.2. The maximum atomic E-state index is 12.9. The molecule has 146 valence electrons. The van der Waals surface area contributed by atoms with Crippen molar-refractivity contribution in [1.29, 1.82) is 0 Å². The van der Waals surface area contributed by atoms with Crippen molar-refractivity contribution in [1.82, 2.24) is 10.2 Å². The molecule has 0 bridgehead atoms. The number of ether oxygens (including phenoxy) is 1. The van der Waals surface area contributed by atoms with Crippen LogP contribution >= 0.6 is 0 Å². The standard InChI is InChI=1S/C23H26N2O3/c1-15(22-13-18-6-4-5-7-21(18)28-22)24-23(26)16(2)25-11-10-17-8-9-20(27-3)12-19(17)14-25/h4-9,12-13,15-16H,10-11,14H2,1-3H3,(H,24,26). The van der Waals surface area contributed by atoms with Gasteiger partial charge in [-0.15, -0.1) is 0 Å². The number of rotatable bonds is 5. The minimum atomic E-state index is -0.217. The first-order valence-electron chi connectivity index (χ1n) is 9.74. The third kappa shape index (κ3) is 3.62. The van der Waals surface area contributed by atoms with Gasteiger partial charge in [0, 0.05) is 18.5 Å². The van der Waals surface area contributed by atoms with E-state index >= 15 is 0 Å². The molecule has 5 nitrogen and oxygen atoms in total. The Morgan fingerprint density at radius 1 is 1.14 bits per heavy atom. The molecule has 0 radical (unpaired) electrons. The molecule has 1 aliphatic rings. The van der Waals surface area contributed by atoms with Gasteiger partial charge >= 0.3 is 0 Å². The van der Waals surface area contributed by atoms with E-state index in [0.717, 1.165) is 42.0 Å². The second kappa shape index (κ2) is 7.68. The number of hydrogen-bond acceptors (Lipinski definition) is 4. The summed E-state index contributed by atoms with van der Waals surface area (Å²) in [5.41, 5.74) is 3.41. The monoisotopic (exact) mass is 378 g/mol. The van der Waals surface area contributed by atoms with Crippen LogP contribution in [-0.2, 0) is 17.8 Å². The number of nitrogens with zero attached hydrogens (tertiary/aromatic N) is 1. The van der Waals surface area contributed by atoms with Crippen LogP contribution < -0.4 is 10.1 Å². The topological polar surface area (TPSA) is 54.7 Å². The van der Waals surface area contributed by atoms with Crippen molar-refractivity contribution in [3.05, 3.63) is 65.4 Å². The Balaban J connectivity index is 1.42. The maximum Gasteiger partial charge on any atom is 0.237 e. The van der Waals surface area contributed by atoms with Gasteiger partial charge in [0.25, 0.3) is 0 Å². The van der Waals surface area contributed by atoms with Crippen molar-refractivity contribution in [2.45, 2.75) is 38.9 Å². The van der Waals surface area contributed by atoms with E-state index in [2.05, 4.69) is 22.3 Å². The molecule has 28 heavy (non-hydrogen) atoms. The molecule has 0 spiro atoms. The first-order chi connectivity index (χ1) is 13.5. The third-order valence-electron chi connectivity index (χ3n) is 5.61. The zero-order valence-electron chi connectivity index (χ0n) is 16.6. The maximum absolute atomic E-state index is 12.9. The number of furan rings is 1. The smallest absolute Gasteiger partial charge is 0.237 e. The molecule has 2 heterocycles. The normalized spacial score (nSPS) is 16.4. The van der Waals surface area contributed by atoms with E-state index in [-0.39, 0.29) is 18.0 Å². The molecule has 2 aromatic carbocycles. The Hall–Kier alpha value is -2.79. The Bertz CT molecular complexity index is 961. The molecule has 2 unspecified atom stereocenters. The number of carbonyl (C=O) groups is 1. The number of para-hydroxylation sites is 1. The van der Waals surface area contributed by atoms with Gasteiger partial charge in [0.2, 0.25) is 5.91 Å². The van der Waals surface area contributed by atoms with Gasteiger partial charge in [-0.1, -0.05) is 24.3 Å². The van der Waals surface area contributed by atoms with E-state index in [9.17, 15) is 4.79 Å². The van der Waals surface area contributed by atoms with E-state index in [1.807, 2.05) is 50.2 Å². The van der Waals surface area contributed by atoms with Gasteiger partial charge in [-0.25, -0.2) is 0 Å². The molecule has 5 heteroatoms. The largest absolute Gasteiger partial charge is 0.497 e. The molecule has 1 N–H and O–H groups in total. The first-order valence-corrected chi connectivity index (χ1v) is 9.74. The fourth-order valence-electron chi connectivity index (χ4n) is 3.80. The van der Waals surface area contributed by atoms with Crippen LogP contribution in [0.5, 0.6) is 5.75 Å². The molecular formula is C23H26N2O3. The highest BCUT2D eigenvalue weighted by Gasteiger charge is 2.27. The van der Waals surface area contributed by atoms with Crippen LogP contribution in [0.1, 0.15) is 36.8 Å². The SMILES string of the molecule is COc1ccc2c(c1)CN(C(C)C(=O)NC(C)c1cc3ccccc3o1)CC2. The first kappa shape index (κ1) is 18.6. The molecule has 0 saturated heterocycles. The Morgan fingerprint density at radius 3 is 2.75 bits per heavy atom. The second-order valence-corrected chi connectivity index (χ2v) is 7.45. The zero-order valence-corrected chi connectivity index (χ0v) is 16.6. The summed E-state index contributed by atoms with van der Waals surface area (Å²) in [5.74, 6) is 1.64. The number of amides is 1. The van der Waals surface area contributed by atoms with Gasteiger partial charge in [-0.05, 0) is 55.7 Å². The van der Waals surface area contributed by atoms with Gasteiger partial charge in [-0.2, -0.15) is 0 Å². The van der Waals surface area contributed by atoms with Crippen molar-refractivity contribution >= 4 is 16.9 Å². The van der Waals surface area contributed by atoms with E-state index in [1.165, 1.54) is 11.1 Å². The Labute approximate surface area is 165 Å². The summed E-state index contributed by atoms with van der Waals surface area (Å²) in [7, 11) is 1.68. The Kier molecular flexibility index (Phi) is 5.09. The van der Waals surface area contributed by atoms with Crippen LogP contribution in [0, 0.1) is 0 Å². The lowest BCUT2D eigenvalue weighted by Gasteiger charge is -2.33. The minimum absolute atomic E-state index is 0.0132. The number of hydrogen-bond donors (Lipinski definition) is 1. The molecule has 3 aromatic rings. The molecule has 1 aromatic heterocycles. The quantitative estimate of drug-likeness (QED) is 0.727. The van der Waals surface area contributed by atoms with Crippen molar-refractivity contribution < 1.29 is 13.9 Å². The summed E-state index contributed by atoms with van der Waals surface area (Å²) in [4.78, 5) is 15.1. The number of carbonyl (C=O) groups excluding carboxylic acids is 1. The van der Waals surface area contributed by atoms with Gasteiger partial charge in [-0.3, -0.25) is 9.69 Å². The Morgan fingerprint density at radius 2 is 1.96 bits per heavy atom. The van der Waals surface area contributed by atoms with E-state index in [0.29, 0.717) is 0 Å². The van der Waals surface area contributed by atoms with E-state index < -0.39 is 0 Å². The summed E-state index contributed by atoms with van der Waals surface area (Å²) in [6, 6.07) is 15.7. The average Bonchev–Trinajstić information content (AvgIpc) is 3.16. The van der Waals surface area contributed by atoms with Crippen LogP contribution in [-0.4, -0.2) is 30.5 Å². The van der Waals surface area contributed by atoms with Crippen LogP contribution in [0.25, 0.3) is 11.0 Å². The summed E-state index contributed by atoms with van der Waals surface area (Å²) >= 11 is 0. The van der Waals surface area contributed by atoms with Crippen LogP contribution in [0.4, 0.5) is 0 Å². The summed E-state index contributed by atoms with van der Waals surface area (Å²) in [6.07, 6.45) is 0.941. The number of benzene rings is 2. The van der Waals surface area contributed by atoms with Crippen LogP contribution in [0.3, 0.4) is 0 Å². The second-order valence-electron chi connectivity index (χ2n) is 7.45. The highest BCUT2D eigenvalue weighted by atomic mass is 16.5.